The molecule has 2 aromatic rings. The maximum atomic E-state index is 12.9. The van der Waals surface area contributed by atoms with E-state index >= 15 is 0 Å². The van der Waals surface area contributed by atoms with Gasteiger partial charge in [-0.3, -0.25) is 4.79 Å². The van der Waals surface area contributed by atoms with Gasteiger partial charge >= 0.3 is 0 Å². The van der Waals surface area contributed by atoms with Gasteiger partial charge in [0.2, 0.25) is 15.9 Å². The summed E-state index contributed by atoms with van der Waals surface area (Å²) in [7, 11) is -3.51. The van der Waals surface area contributed by atoms with Crippen molar-refractivity contribution in [2.24, 2.45) is 0 Å². The number of halogens is 1. The fraction of sp³-hybridized carbons (Fsp3) is 0.400. The fourth-order valence-electron chi connectivity index (χ4n) is 3.18. The molecule has 7 nitrogen and oxygen atoms in total. The fourth-order valence-corrected chi connectivity index (χ4v) is 4.64. The number of hydrogen-bond donors (Lipinski definition) is 1. The highest BCUT2D eigenvalue weighted by Gasteiger charge is 2.27. The Balaban J connectivity index is 1.60. The van der Waals surface area contributed by atoms with E-state index in [0.717, 1.165) is 18.4 Å². The highest BCUT2D eigenvalue weighted by atomic mass is 32.2. The van der Waals surface area contributed by atoms with Crippen LogP contribution in [0.3, 0.4) is 0 Å². The van der Waals surface area contributed by atoms with Crippen LogP contribution in [0, 0.1) is 5.82 Å². The SMILES string of the molecule is CCN(CC(=O)NCc1ccc(F)cc1)c1ccc(S(=O)(=O)N2CCCC2)cn1. The molecule has 0 aliphatic carbocycles. The van der Waals surface area contributed by atoms with Crippen LogP contribution in [0.5, 0.6) is 0 Å². The zero-order valence-electron chi connectivity index (χ0n) is 16.3. The van der Waals surface area contributed by atoms with Crippen molar-refractivity contribution >= 4 is 21.7 Å². The van der Waals surface area contributed by atoms with E-state index in [-0.39, 0.29) is 23.2 Å². The molecule has 1 aromatic carbocycles. The first-order chi connectivity index (χ1) is 13.9. The maximum absolute atomic E-state index is 12.9. The van der Waals surface area contributed by atoms with Crippen molar-refractivity contribution in [3.8, 4) is 0 Å². The van der Waals surface area contributed by atoms with Crippen LogP contribution < -0.4 is 10.2 Å². The quantitative estimate of drug-likeness (QED) is 0.708. The summed E-state index contributed by atoms with van der Waals surface area (Å²) in [5.74, 6) is 0.00930. The predicted molar refractivity (Wildman–Crippen MR) is 108 cm³/mol. The van der Waals surface area contributed by atoms with Crippen LogP contribution in [0.4, 0.5) is 10.2 Å². The smallest absolute Gasteiger partial charge is 0.244 e. The average Bonchev–Trinajstić information content (AvgIpc) is 3.27. The minimum Gasteiger partial charge on any atom is -0.350 e. The Labute approximate surface area is 170 Å². The molecule has 1 saturated heterocycles. The number of rotatable bonds is 8. The number of aromatic nitrogens is 1. The van der Waals surface area contributed by atoms with Crippen molar-refractivity contribution in [2.75, 3.05) is 31.1 Å². The van der Waals surface area contributed by atoms with Crippen LogP contribution in [0.25, 0.3) is 0 Å². The highest BCUT2D eigenvalue weighted by molar-refractivity contribution is 7.89. The lowest BCUT2D eigenvalue weighted by molar-refractivity contribution is -0.119. The molecule has 2 heterocycles. The number of nitrogens with zero attached hydrogens (tertiary/aromatic N) is 3. The topological polar surface area (TPSA) is 82.6 Å². The second-order valence-corrected chi connectivity index (χ2v) is 8.82. The molecular weight excluding hydrogens is 395 g/mol. The molecule has 0 radical (unpaired) electrons. The number of amides is 1. The van der Waals surface area contributed by atoms with Gasteiger partial charge in [0.1, 0.15) is 16.5 Å². The van der Waals surface area contributed by atoms with E-state index in [1.165, 1.54) is 28.7 Å². The van der Waals surface area contributed by atoms with Gasteiger partial charge in [-0.2, -0.15) is 4.31 Å². The molecule has 29 heavy (non-hydrogen) atoms. The molecular formula is C20H25FN4O3S. The Kier molecular flexibility index (Phi) is 6.81. The molecule has 0 unspecified atom stereocenters. The van der Waals surface area contributed by atoms with Gasteiger partial charge in [-0.25, -0.2) is 17.8 Å². The van der Waals surface area contributed by atoms with E-state index < -0.39 is 10.0 Å². The van der Waals surface area contributed by atoms with Crippen LogP contribution in [-0.4, -0.2) is 49.8 Å². The summed E-state index contributed by atoms with van der Waals surface area (Å²) in [6.07, 6.45) is 3.10. The Morgan fingerprint density at radius 1 is 1.17 bits per heavy atom. The molecule has 3 rings (SSSR count). The molecule has 0 atom stereocenters. The minimum atomic E-state index is -3.51. The van der Waals surface area contributed by atoms with Crippen molar-refractivity contribution in [2.45, 2.75) is 31.2 Å². The molecule has 1 aromatic heterocycles. The molecule has 9 heteroatoms. The number of carbonyl (C=O) groups excluding carboxylic acids is 1. The van der Waals surface area contributed by atoms with Gasteiger partial charge < -0.3 is 10.2 Å². The average molecular weight is 421 g/mol. The van der Waals surface area contributed by atoms with Gasteiger partial charge in [0.15, 0.2) is 0 Å². The number of likely N-dealkylation sites (N-methyl/N-ethyl adjacent to an activating group) is 1. The third-order valence-corrected chi connectivity index (χ3v) is 6.75. The monoisotopic (exact) mass is 420 g/mol. The van der Waals surface area contributed by atoms with Crippen LogP contribution in [0.15, 0.2) is 47.5 Å². The number of carbonyl (C=O) groups is 1. The molecule has 1 aliphatic heterocycles. The first-order valence-corrected chi connectivity index (χ1v) is 11.1. The lowest BCUT2D eigenvalue weighted by Gasteiger charge is -2.22. The van der Waals surface area contributed by atoms with E-state index in [0.29, 0.717) is 32.0 Å². The lowest BCUT2D eigenvalue weighted by Crippen LogP contribution is -2.37. The van der Waals surface area contributed by atoms with Crippen LogP contribution >= 0.6 is 0 Å². The molecule has 0 saturated carbocycles. The number of hydrogen-bond acceptors (Lipinski definition) is 5. The summed E-state index contributed by atoms with van der Waals surface area (Å²) >= 11 is 0. The summed E-state index contributed by atoms with van der Waals surface area (Å²) < 4.78 is 39.6. The Morgan fingerprint density at radius 2 is 1.86 bits per heavy atom. The van der Waals surface area contributed by atoms with Crippen molar-refractivity contribution < 1.29 is 17.6 Å². The minimum absolute atomic E-state index is 0.0862. The Bertz CT molecular complexity index is 927. The highest BCUT2D eigenvalue weighted by Crippen LogP contribution is 2.21. The summed E-state index contributed by atoms with van der Waals surface area (Å²) in [5, 5.41) is 2.79. The van der Waals surface area contributed by atoms with E-state index in [9.17, 15) is 17.6 Å². The lowest BCUT2D eigenvalue weighted by atomic mass is 10.2. The summed E-state index contributed by atoms with van der Waals surface area (Å²) in [4.78, 5) is 18.5. The summed E-state index contributed by atoms with van der Waals surface area (Å²) in [6, 6.07) is 9.10. The normalized spacial score (nSPS) is 14.7. The van der Waals surface area contributed by atoms with Crippen molar-refractivity contribution in [1.82, 2.24) is 14.6 Å². The molecule has 1 fully saturated rings. The standard InChI is InChI=1S/C20H25FN4O3S/c1-2-24(15-20(26)23-13-16-5-7-17(21)8-6-16)19-10-9-18(14-22-19)29(27,28)25-11-3-4-12-25/h5-10,14H,2-4,11-13,15H2,1H3,(H,23,26). The number of benzene rings is 1. The zero-order valence-corrected chi connectivity index (χ0v) is 17.2. The largest absolute Gasteiger partial charge is 0.350 e. The third-order valence-electron chi connectivity index (χ3n) is 4.87. The molecule has 1 N–H and O–H groups in total. The van der Waals surface area contributed by atoms with Crippen molar-refractivity contribution in [1.29, 1.82) is 0 Å². The summed E-state index contributed by atoms with van der Waals surface area (Å²) in [5.41, 5.74) is 0.803. The van der Waals surface area contributed by atoms with Gasteiger partial charge in [-0.05, 0) is 49.6 Å². The van der Waals surface area contributed by atoms with Gasteiger partial charge in [0.25, 0.3) is 0 Å². The van der Waals surface area contributed by atoms with Gasteiger partial charge in [0, 0.05) is 32.4 Å². The summed E-state index contributed by atoms with van der Waals surface area (Å²) in [6.45, 7) is 3.90. The molecule has 0 spiro atoms. The Hall–Kier alpha value is -2.52. The second kappa shape index (κ2) is 9.32. The van der Waals surface area contributed by atoms with E-state index in [2.05, 4.69) is 10.3 Å². The van der Waals surface area contributed by atoms with Crippen LogP contribution in [0.2, 0.25) is 0 Å². The number of nitrogens with one attached hydrogen (secondary N) is 1. The van der Waals surface area contributed by atoms with Gasteiger partial charge in [-0.15, -0.1) is 0 Å². The third kappa shape index (κ3) is 5.30. The van der Waals surface area contributed by atoms with Crippen molar-refractivity contribution in [3.05, 3.63) is 54.0 Å². The predicted octanol–water partition coefficient (Wildman–Crippen LogP) is 2.15. The molecule has 0 bridgehead atoms. The second-order valence-electron chi connectivity index (χ2n) is 6.88. The van der Waals surface area contributed by atoms with Crippen molar-refractivity contribution in [3.63, 3.8) is 0 Å². The zero-order chi connectivity index (χ0) is 20.9. The molecule has 1 amide bonds. The maximum Gasteiger partial charge on any atom is 0.244 e. The number of pyridine rings is 1. The van der Waals surface area contributed by atoms with Crippen LogP contribution in [-0.2, 0) is 21.4 Å². The molecule has 156 valence electrons. The van der Waals surface area contributed by atoms with Gasteiger partial charge in [0.05, 0.1) is 6.54 Å². The first kappa shape index (κ1) is 21.2. The van der Waals surface area contributed by atoms with E-state index in [1.807, 2.05) is 6.92 Å². The van der Waals surface area contributed by atoms with Gasteiger partial charge in [-0.1, -0.05) is 12.1 Å². The first-order valence-electron chi connectivity index (χ1n) is 9.62. The number of sulfonamides is 1. The Morgan fingerprint density at radius 3 is 2.45 bits per heavy atom. The molecule has 1 aliphatic rings. The van der Waals surface area contributed by atoms with E-state index in [4.69, 9.17) is 0 Å². The van der Waals surface area contributed by atoms with Crippen LogP contribution in [0.1, 0.15) is 25.3 Å². The number of anilines is 1. The van der Waals surface area contributed by atoms with E-state index in [1.54, 1.807) is 23.1 Å².